The SMILES string of the molecule is COc1cc(C(=O)O)ccc1/C=C/c1cc(OC)c(Br)c(OC)c1. The van der Waals surface area contributed by atoms with Gasteiger partial charge in [-0.05, 0) is 45.8 Å². The molecule has 0 fully saturated rings. The number of hydrogen-bond acceptors (Lipinski definition) is 4. The molecule has 0 aliphatic rings. The van der Waals surface area contributed by atoms with Gasteiger partial charge < -0.3 is 19.3 Å². The van der Waals surface area contributed by atoms with Crippen LogP contribution in [-0.2, 0) is 0 Å². The fraction of sp³-hybridized carbons (Fsp3) is 0.167. The lowest BCUT2D eigenvalue weighted by Gasteiger charge is -2.10. The van der Waals surface area contributed by atoms with Gasteiger partial charge in [0.1, 0.15) is 21.7 Å². The van der Waals surface area contributed by atoms with E-state index in [0.717, 1.165) is 15.6 Å². The van der Waals surface area contributed by atoms with Gasteiger partial charge in [-0.15, -0.1) is 0 Å². The van der Waals surface area contributed by atoms with Gasteiger partial charge in [-0.2, -0.15) is 0 Å². The van der Waals surface area contributed by atoms with Crippen LogP contribution in [-0.4, -0.2) is 32.4 Å². The number of aromatic carboxylic acids is 1. The summed E-state index contributed by atoms with van der Waals surface area (Å²) in [5.41, 5.74) is 1.82. The standard InChI is InChI=1S/C18H17BrO5/c1-22-14-10-13(18(20)21)7-6-12(14)5-4-11-8-15(23-2)17(19)16(9-11)24-3/h4-10H,1-3H3,(H,20,21)/b5-4+. The number of carboxylic acids is 1. The lowest BCUT2D eigenvalue weighted by atomic mass is 10.1. The van der Waals surface area contributed by atoms with Gasteiger partial charge in [0.15, 0.2) is 0 Å². The molecule has 0 saturated carbocycles. The van der Waals surface area contributed by atoms with Crippen LogP contribution >= 0.6 is 15.9 Å². The third kappa shape index (κ3) is 3.89. The second kappa shape index (κ2) is 7.88. The fourth-order valence-electron chi connectivity index (χ4n) is 2.15. The lowest BCUT2D eigenvalue weighted by Crippen LogP contribution is -1.97. The summed E-state index contributed by atoms with van der Waals surface area (Å²) in [5.74, 6) is 0.804. The maximum absolute atomic E-state index is 11.0. The average Bonchev–Trinajstić information content (AvgIpc) is 2.60. The molecule has 0 spiro atoms. The summed E-state index contributed by atoms with van der Waals surface area (Å²) >= 11 is 3.43. The zero-order chi connectivity index (χ0) is 17.7. The van der Waals surface area contributed by atoms with Crippen molar-refractivity contribution in [2.75, 3.05) is 21.3 Å². The second-order valence-corrected chi connectivity index (χ2v) is 5.63. The molecule has 2 rings (SSSR count). The minimum atomic E-state index is -0.994. The summed E-state index contributed by atoms with van der Waals surface area (Å²) in [7, 11) is 4.67. The quantitative estimate of drug-likeness (QED) is 0.740. The van der Waals surface area contributed by atoms with Crippen molar-refractivity contribution in [2.45, 2.75) is 0 Å². The van der Waals surface area contributed by atoms with Crippen molar-refractivity contribution in [3.8, 4) is 17.2 Å². The molecular weight excluding hydrogens is 376 g/mol. The zero-order valence-electron chi connectivity index (χ0n) is 13.5. The third-order valence-electron chi connectivity index (χ3n) is 3.40. The van der Waals surface area contributed by atoms with E-state index in [9.17, 15) is 4.79 Å². The fourth-order valence-corrected chi connectivity index (χ4v) is 2.71. The van der Waals surface area contributed by atoms with Crippen LogP contribution in [0.15, 0.2) is 34.8 Å². The van der Waals surface area contributed by atoms with E-state index >= 15 is 0 Å². The van der Waals surface area contributed by atoms with Crippen LogP contribution in [0.3, 0.4) is 0 Å². The number of ether oxygens (including phenoxy) is 3. The second-order valence-electron chi connectivity index (χ2n) is 4.83. The predicted octanol–water partition coefficient (Wildman–Crippen LogP) is 4.34. The number of methoxy groups -OCH3 is 3. The van der Waals surface area contributed by atoms with Gasteiger partial charge in [0, 0.05) is 5.56 Å². The van der Waals surface area contributed by atoms with Crippen molar-refractivity contribution in [1.29, 1.82) is 0 Å². The van der Waals surface area contributed by atoms with E-state index in [0.29, 0.717) is 17.2 Å². The maximum Gasteiger partial charge on any atom is 0.335 e. The number of benzene rings is 2. The van der Waals surface area contributed by atoms with Crippen molar-refractivity contribution in [2.24, 2.45) is 0 Å². The van der Waals surface area contributed by atoms with E-state index in [-0.39, 0.29) is 5.56 Å². The molecule has 5 nitrogen and oxygen atoms in total. The van der Waals surface area contributed by atoms with Gasteiger partial charge in [0.25, 0.3) is 0 Å². The predicted molar refractivity (Wildman–Crippen MR) is 96.1 cm³/mol. The molecule has 2 aromatic carbocycles. The van der Waals surface area contributed by atoms with Gasteiger partial charge in [0.05, 0.1) is 26.9 Å². The molecule has 24 heavy (non-hydrogen) atoms. The Labute approximate surface area is 148 Å². The smallest absolute Gasteiger partial charge is 0.335 e. The molecule has 0 aliphatic heterocycles. The van der Waals surface area contributed by atoms with E-state index in [2.05, 4.69) is 15.9 Å². The molecule has 126 valence electrons. The van der Waals surface area contributed by atoms with Crippen LogP contribution in [0.1, 0.15) is 21.5 Å². The van der Waals surface area contributed by atoms with E-state index < -0.39 is 5.97 Å². The molecule has 0 aromatic heterocycles. The normalized spacial score (nSPS) is 10.7. The molecule has 0 unspecified atom stereocenters. The van der Waals surface area contributed by atoms with Crippen molar-refractivity contribution in [3.05, 3.63) is 51.5 Å². The van der Waals surface area contributed by atoms with Gasteiger partial charge in [0.2, 0.25) is 0 Å². The summed E-state index contributed by atoms with van der Waals surface area (Å²) in [6.07, 6.45) is 3.71. The van der Waals surface area contributed by atoms with Crippen LogP contribution in [0.5, 0.6) is 17.2 Å². The van der Waals surface area contributed by atoms with Crippen LogP contribution in [0.25, 0.3) is 12.2 Å². The number of carbonyl (C=O) groups is 1. The number of halogens is 1. The van der Waals surface area contributed by atoms with Crippen LogP contribution in [0.2, 0.25) is 0 Å². The maximum atomic E-state index is 11.0. The minimum absolute atomic E-state index is 0.177. The van der Waals surface area contributed by atoms with Crippen LogP contribution in [0.4, 0.5) is 0 Å². The molecule has 0 aliphatic carbocycles. The Morgan fingerprint density at radius 1 is 0.958 bits per heavy atom. The highest BCUT2D eigenvalue weighted by Crippen LogP contribution is 2.36. The molecular formula is C18H17BrO5. The summed E-state index contributed by atoms with van der Waals surface area (Å²) in [6, 6.07) is 8.45. The van der Waals surface area contributed by atoms with Gasteiger partial charge in [-0.3, -0.25) is 0 Å². The molecule has 0 saturated heterocycles. The Hall–Kier alpha value is -2.47. The highest BCUT2D eigenvalue weighted by Gasteiger charge is 2.10. The minimum Gasteiger partial charge on any atom is -0.496 e. The van der Waals surface area contributed by atoms with Gasteiger partial charge >= 0.3 is 5.97 Å². The molecule has 0 bridgehead atoms. The monoisotopic (exact) mass is 392 g/mol. The molecule has 0 heterocycles. The molecule has 0 radical (unpaired) electrons. The van der Waals surface area contributed by atoms with Crippen LogP contribution in [0, 0.1) is 0 Å². The summed E-state index contributed by atoms with van der Waals surface area (Å²) in [5, 5.41) is 9.04. The first-order chi connectivity index (χ1) is 11.5. The topological polar surface area (TPSA) is 65.0 Å². The highest BCUT2D eigenvalue weighted by molar-refractivity contribution is 9.10. The average molecular weight is 393 g/mol. The van der Waals surface area contributed by atoms with E-state index in [1.165, 1.54) is 19.2 Å². The molecule has 0 amide bonds. The first-order valence-electron chi connectivity index (χ1n) is 7.01. The van der Waals surface area contributed by atoms with Gasteiger partial charge in [-0.25, -0.2) is 4.79 Å². The number of carboxylic acid groups (broad SMARTS) is 1. The van der Waals surface area contributed by atoms with Crippen molar-refractivity contribution in [1.82, 2.24) is 0 Å². The molecule has 0 atom stereocenters. The largest absolute Gasteiger partial charge is 0.496 e. The third-order valence-corrected chi connectivity index (χ3v) is 4.19. The highest BCUT2D eigenvalue weighted by atomic mass is 79.9. The Morgan fingerprint density at radius 2 is 1.54 bits per heavy atom. The molecule has 2 aromatic rings. The van der Waals surface area contributed by atoms with Crippen molar-refractivity contribution < 1.29 is 24.1 Å². The van der Waals surface area contributed by atoms with Crippen LogP contribution < -0.4 is 14.2 Å². The van der Waals surface area contributed by atoms with Gasteiger partial charge in [-0.1, -0.05) is 18.2 Å². The number of hydrogen-bond donors (Lipinski definition) is 1. The van der Waals surface area contributed by atoms with E-state index in [1.807, 2.05) is 24.3 Å². The molecule has 1 N–H and O–H groups in total. The van der Waals surface area contributed by atoms with E-state index in [1.54, 1.807) is 20.3 Å². The van der Waals surface area contributed by atoms with Crippen molar-refractivity contribution >= 4 is 34.1 Å². The lowest BCUT2D eigenvalue weighted by molar-refractivity contribution is 0.0696. The summed E-state index contributed by atoms with van der Waals surface area (Å²) < 4.78 is 16.6. The first kappa shape index (κ1) is 17.9. The van der Waals surface area contributed by atoms with E-state index in [4.69, 9.17) is 19.3 Å². The Morgan fingerprint density at radius 3 is 2.04 bits per heavy atom. The molecule has 6 heteroatoms. The number of rotatable bonds is 6. The Kier molecular flexibility index (Phi) is 5.87. The first-order valence-corrected chi connectivity index (χ1v) is 7.80. The van der Waals surface area contributed by atoms with Crippen molar-refractivity contribution in [3.63, 3.8) is 0 Å². The Bertz CT molecular complexity index is 758. The Balaban J connectivity index is 2.39. The summed E-state index contributed by atoms with van der Waals surface area (Å²) in [6.45, 7) is 0. The zero-order valence-corrected chi connectivity index (χ0v) is 15.1. The summed E-state index contributed by atoms with van der Waals surface area (Å²) in [4.78, 5) is 11.0.